The van der Waals surface area contributed by atoms with Crippen molar-refractivity contribution < 1.29 is 9.63 Å². The van der Waals surface area contributed by atoms with Crippen LogP contribution in [0.2, 0.25) is 5.02 Å². The van der Waals surface area contributed by atoms with E-state index in [9.17, 15) is 5.11 Å². The fourth-order valence-electron chi connectivity index (χ4n) is 3.39. The first-order valence-electron chi connectivity index (χ1n) is 8.14. The second kappa shape index (κ2) is 6.23. The summed E-state index contributed by atoms with van der Waals surface area (Å²) in [6, 6.07) is 7.93. The van der Waals surface area contributed by atoms with Gasteiger partial charge in [-0.2, -0.15) is 4.98 Å². The Morgan fingerprint density at radius 3 is 2.70 bits per heavy atom. The third-order valence-corrected chi connectivity index (χ3v) is 5.08. The van der Waals surface area contributed by atoms with Gasteiger partial charge in [-0.05, 0) is 30.5 Å². The molecule has 2 heterocycles. The van der Waals surface area contributed by atoms with Crippen LogP contribution in [-0.2, 0) is 6.54 Å². The van der Waals surface area contributed by atoms with Gasteiger partial charge in [-0.25, -0.2) is 0 Å². The molecule has 23 heavy (non-hydrogen) atoms. The van der Waals surface area contributed by atoms with Crippen LogP contribution in [0.5, 0.6) is 0 Å². The molecular formula is C17H20ClN3O2. The van der Waals surface area contributed by atoms with Crippen LogP contribution in [0.4, 0.5) is 0 Å². The van der Waals surface area contributed by atoms with E-state index in [0.29, 0.717) is 18.4 Å². The molecule has 1 aliphatic heterocycles. The molecule has 2 atom stereocenters. The van der Waals surface area contributed by atoms with Gasteiger partial charge in [0.2, 0.25) is 5.89 Å². The highest BCUT2D eigenvalue weighted by molar-refractivity contribution is 6.30. The normalized spacial score (nSPS) is 25.1. The summed E-state index contributed by atoms with van der Waals surface area (Å²) in [5.74, 6) is 2.56. The lowest BCUT2D eigenvalue weighted by Crippen LogP contribution is -2.21. The van der Waals surface area contributed by atoms with Gasteiger partial charge in [0.25, 0.3) is 0 Å². The Kier molecular flexibility index (Phi) is 4.09. The molecule has 1 aromatic carbocycles. The smallest absolute Gasteiger partial charge is 0.229 e. The topological polar surface area (TPSA) is 62.4 Å². The van der Waals surface area contributed by atoms with Gasteiger partial charge in [-0.15, -0.1) is 0 Å². The van der Waals surface area contributed by atoms with Gasteiger partial charge in [0.15, 0.2) is 5.82 Å². The summed E-state index contributed by atoms with van der Waals surface area (Å²) in [5.41, 5.74) is 1.22. The van der Waals surface area contributed by atoms with Crippen LogP contribution >= 0.6 is 11.6 Å². The zero-order valence-electron chi connectivity index (χ0n) is 12.9. The standard InChI is InChI=1S/C17H20ClN3O2/c18-14-5-3-11(4-6-14)15-8-21(7-13(15)10-22)9-16-19-17(23-20-16)12-1-2-12/h3-6,12-13,15,22H,1-2,7-10H2/t13-,15-/m0/s1. The lowest BCUT2D eigenvalue weighted by Gasteiger charge is -2.16. The van der Waals surface area contributed by atoms with Crippen molar-refractivity contribution in [2.75, 3.05) is 19.7 Å². The van der Waals surface area contributed by atoms with Gasteiger partial charge < -0.3 is 9.63 Å². The molecule has 6 heteroatoms. The van der Waals surface area contributed by atoms with Gasteiger partial charge in [0.1, 0.15) is 0 Å². The van der Waals surface area contributed by atoms with Gasteiger partial charge in [-0.1, -0.05) is 28.9 Å². The van der Waals surface area contributed by atoms with Crippen LogP contribution in [0.3, 0.4) is 0 Å². The van der Waals surface area contributed by atoms with E-state index in [1.165, 1.54) is 5.56 Å². The van der Waals surface area contributed by atoms with Crippen molar-refractivity contribution in [3.63, 3.8) is 0 Å². The third-order valence-electron chi connectivity index (χ3n) is 4.82. The fraction of sp³-hybridized carbons (Fsp3) is 0.529. The van der Waals surface area contributed by atoms with E-state index in [4.69, 9.17) is 16.1 Å². The zero-order chi connectivity index (χ0) is 15.8. The summed E-state index contributed by atoms with van der Waals surface area (Å²) in [6.07, 6.45) is 2.33. The number of hydrogen-bond donors (Lipinski definition) is 1. The van der Waals surface area contributed by atoms with E-state index in [2.05, 4.69) is 27.2 Å². The molecule has 4 rings (SSSR count). The van der Waals surface area contributed by atoms with Crippen molar-refractivity contribution in [3.05, 3.63) is 46.6 Å². The van der Waals surface area contributed by atoms with Gasteiger partial charge >= 0.3 is 0 Å². The number of nitrogens with zero attached hydrogens (tertiary/aromatic N) is 3. The molecule has 0 radical (unpaired) electrons. The average Bonchev–Trinajstić information content (AvgIpc) is 3.17. The van der Waals surface area contributed by atoms with Crippen molar-refractivity contribution in [2.45, 2.75) is 31.2 Å². The fourth-order valence-corrected chi connectivity index (χ4v) is 3.52. The molecule has 0 amide bonds. The van der Waals surface area contributed by atoms with Crippen molar-refractivity contribution in [2.24, 2.45) is 5.92 Å². The summed E-state index contributed by atoms with van der Waals surface area (Å²) in [5, 5.41) is 14.6. The second-order valence-electron chi connectivity index (χ2n) is 6.62. The molecule has 1 aromatic heterocycles. The Labute approximate surface area is 140 Å². The molecule has 1 aliphatic carbocycles. The maximum atomic E-state index is 9.72. The molecule has 0 unspecified atom stereocenters. The molecule has 1 N–H and O–H groups in total. The molecule has 1 saturated heterocycles. The molecule has 2 aliphatic rings. The van der Waals surface area contributed by atoms with Gasteiger partial charge in [0, 0.05) is 42.5 Å². The number of hydrogen-bond acceptors (Lipinski definition) is 5. The highest BCUT2D eigenvalue weighted by Crippen LogP contribution is 2.39. The van der Waals surface area contributed by atoms with Gasteiger partial charge in [-0.3, -0.25) is 4.90 Å². The summed E-state index contributed by atoms with van der Waals surface area (Å²) >= 11 is 5.97. The molecule has 0 bridgehead atoms. The number of aliphatic hydroxyl groups excluding tert-OH is 1. The maximum Gasteiger partial charge on any atom is 0.229 e. The summed E-state index contributed by atoms with van der Waals surface area (Å²) in [6.45, 7) is 2.59. The highest BCUT2D eigenvalue weighted by Gasteiger charge is 2.34. The molecule has 0 spiro atoms. The molecular weight excluding hydrogens is 314 g/mol. The lowest BCUT2D eigenvalue weighted by molar-refractivity contribution is 0.212. The molecule has 2 fully saturated rings. The van der Waals surface area contributed by atoms with Crippen molar-refractivity contribution >= 4 is 11.6 Å². The van der Waals surface area contributed by atoms with Crippen LogP contribution < -0.4 is 0 Å². The highest BCUT2D eigenvalue weighted by atomic mass is 35.5. The number of likely N-dealkylation sites (tertiary alicyclic amines) is 1. The maximum absolute atomic E-state index is 9.72. The SMILES string of the molecule is OC[C@@H]1CN(Cc2noc(C3CC3)n2)C[C@H]1c1ccc(Cl)cc1. The Hall–Kier alpha value is -1.43. The van der Waals surface area contributed by atoms with E-state index < -0.39 is 0 Å². The van der Waals surface area contributed by atoms with E-state index in [0.717, 1.165) is 42.7 Å². The molecule has 122 valence electrons. The van der Waals surface area contributed by atoms with Crippen molar-refractivity contribution in [1.82, 2.24) is 15.0 Å². The molecule has 5 nitrogen and oxygen atoms in total. The largest absolute Gasteiger partial charge is 0.396 e. The third kappa shape index (κ3) is 3.27. The average molecular weight is 334 g/mol. The number of halogens is 1. The monoisotopic (exact) mass is 333 g/mol. The van der Waals surface area contributed by atoms with Crippen molar-refractivity contribution in [3.8, 4) is 0 Å². The van der Waals surface area contributed by atoms with Crippen LogP contribution in [0.1, 0.15) is 42.0 Å². The van der Waals surface area contributed by atoms with Crippen LogP contribution in [0.25, 0.3) is 0 Å². The minimum atomic E-state index is 0.184. The van der Waals surface area contributed by atoms with E-state index in [-0.39, 0.29) is 12.5 Å². The number of rotatable bonds is 5. The summed E-state index contributed by atoms with van der Waals surface area (Å²) in [4.78, 5) is 6.79. The number of benzene rings is 1. The predicted molar refractivity (Wildman–Crippen MR) is 86.3 cm³/mol. The first kappa shape index (κ1) is 15.1. The lowest BCUT2D eigenvalue weighted by atomic mass is 9.90. The minimum Gasteiger partial charge on any atom is -0.396 e. The summed E-state index contributed by atoms with van der Waals surface area (Å²) in [7, 11) is 0. The molecule has 2 aromatic rings. The quantitative estimate of drug-likeness (QED) is 0.911. The van der Waals surface area contributed by atoms with E-state index >= 15 is 0 Å². The number of aliphatic hydroxyl groups is 1. The molecule has 1 saturated carbocycles. The van der Waals surface area contributed by atoms with Crippen LogP contribution in [-0.4, -0.2) is 39.8 Å². The Morgan fingerprint density at radius 1 is 1.22 bits per heavy atom. The number of aromatic nitrogens is 2. The van der Waals surface area contributed by atoms with E-state index in [1.807, 2.05) is 12.1 Å². The zero-order valence-corrected chi connectivity index (χ0v) is 13.6. The Bertz CT molecular complexity index is 669. The Balaban J connectivity index is 1.44. The minimum absolute atomic E-state index is 0.184. The first-order valence-corrected chi connectivity index (χ1v) is 8.52. The first-order chi connectivity index (χ1) is 11.2. The van der Waals surface area contributed by atoms with Crippen LogP contribution in [0, 0.1) is 5.92 Å². The predicted octanol–water partition coefficient (Wildman–Crippen LogP) is 2.81. The Morgan fingerprint density at radius 2 is 2.00 bits per heavy atom. The second-order valence-corrected chi connectivity index (χ2v) is 7.05. The van der Waals surface area contributed by atoms with Crippen molar-refractivity contribution in [1.29, 1.82) is 0 Å². The van der Waals surface area contributed by atoms with Gasteiger partial charge in [0.05, 0.1) is 6.54 Å². The summed E-state index contributed by atoms with van der Waals surface area (Å²) < 4.78 is 5.32. The van der Waals surface area contributed by atoms with Crippen LogP contribution in [0.15, 0.2) is 28.8 Å². The van der Waals surface area contributed by atoms with E-state index in [1.54, 1.807) is 0 Å².